The molecule has 4 nitrogen and oxygen atoms in total. The first-order valence-corrected chi connectivity index (χ1v) is 7.10. The Kier molecular flexibility index (Phi) is 4.30. The van der Waals surface area contributed by atoms with E-state index in [4.69, 9.17) is 9.94 Å². The maximum Gasteiger partial charge on any atom is 0.106 e. The van der Waals surface area contributed by atoms with Crippen LogP contribution in [0.2, 0.25) is 0 Å². The minimum Gasteiger partial charge on any atom is -0.399 e. The molecule has 3 aromatic rings. The second-order valence-electron chi connectivity index (χ2n) is 4.90. The molecule has 1 heterocycles. The molecule has 0 fully saturated rings. The van der Waals surface area contributed by atoms with E-state index < -0.39 is 0 Å². The standard InChI is InChI=1S/C18H17N3O/c1-22-19-12-17-14-21(13-15-8-4-2-5-9-15)20-18(17)16-10-6-3-7-11-16/h2-12,14H,13H2,1H3/b19-12+. The zero-order valence-corrected chi connectivity index (χ0v) is 12.4. The molecule has 0 radical (unpaired) electrons. The molecule has 0 saturated heterocycles. The Bertz CT molecular complexity index is 749. The number of oxime groups is 1. The number of aromatic nitrogens is 2. The highest BCUT2D eigenvalue weighted by Gasteiger charge is 2.10. The fourth-order valence-corrected chi connectivity index (χ4v) is 2.31. The van der Waals surface area contributed by atoms with Gasteiger partial charge in [-0.3, -0.25) is 4.68 Å². The fraction of sp³-hybridized carbons (Fsp3) is 0.111. The van der Waals surface area contributed by atoms with Crippen molar-refractivity contribution in [2.75, 3.05) is 7.11 Å². The van der Waals surface area contributed by atoms with E-state index in [2.05, 4.69) is 17.3 Å². The van der Waals surface area contributed by atoms with Gasteiger partial charge in [0.25, 0.3) is 0 Å². The molecule has 3 rings (SSSR count). The third kappa shape index (κ3) is 3.23. The smallest absolute Gasteiger partial charge is 0.106 e. The van der Waals surface area contributed by atoms with E-state index in [0.29, 0.717) is 0 Å². The number of rotatable bonds is 5. The van der Waals surface area contributed by atoms with Crippen LogP contribution in [0.5, 0.6) is 0 Å². The van der Waals surface area contributed by atoms with E-state index in [9.17, 15) is 0 Å². The van der Waals surface area contributed by atoms with Gasteiger partial charge < -0.3 is 4.84 Å². The molecule has 1 aromatic heterocycles. The first-order chi connectivity index (χ1) is 10.9. The van der Waals surface area contributed by atoms with Crippen LogP contribution in [-0.2, 0) is 11.4 Å². The third-order valence-corrected chi connectivity index (χ3v) is 3.32. The summed E-state index contributed by atoms with van der Waals surface area (Å²) in [7, 11) is 1.53. The topological polar surface area (TPSA) is 39.4 Å². The van der Waals surface area contributed by atoms with Gasteiger partial charge in [-0.15, -0.1) is 0 Å². The van der Waals surface area contributed by atoms with Gasteiger partial charge >= 0.3 is 0 Å². The highest BCUT2D eigenvalue weighted by molar-refractivity contribution is 5.88. The van der Waals surface area contributed by atoms with Crippen LogP contribution in [0.15, 0.2) is 72.0 Å². The van der Waals surface area contributed by atoms with Gasteiger partial charge in [0.1, 0.15) is 12.8 Å². The molecule has 4 heteroatoms. The Balaban J connectivity index is 1.96. The Morgan fingerprint density at radius 3 is 2.41 bits per heavy atom. The average Bonchev–Trinajstić information content (AvgIpc) is 2.97. The van der Waals surface area contributed by atoms with Crippen molar-refractivity contribution in [2.45, 2.75) is 6.54 Å². The van der Waals surface area contributed by atoms with Gasteiger partial charge in [-0.1, -0.05) is 65.8 Å². The summed E-state index contributed by atoms with van der Waals surface area (Å²) in [5.41, 5.74) is 4.10. The molecule has 0 saturated carbocycles. The summed E-state index contributed by atoms with van der Waals surface area (Å²) >= 11 is 0. The summed E-state index contributed by atoms with van der Waals surface area (Å²) in [5.74, 6) is 0. The lowest BCUT2D eigenvalue weighted by Gasteiger charge is -2.01. The Labute approximate surface area is 129 Å². The molecule has 2 aromatic carbocycles. The minimum absolute atomic E-state index is 0.724. The SMILES string of the molecule is CO/N=C/c1cn(Cc2ccccc2)nc1-c1ccccc1. The van der Waals surface area contributed by atoms with E-state index in [1.165, 1.54) is 12.7 Å². The van der Waals surface area contributed by atoms with E-state index in [0.717, 1.165) is 23.4 Å². The van der Waals surface area contributed by atoms with Crippen molar-refractivity contribution in [3.63, 3.8) is 0 Å². The van der Waals surface area contributed by atoms with Crippen LogP contribution in [0.4, 0.5) is 0 Å². The molecule has 0 spiro atoms. The molecule has 0 N–H and O–H groups in total. The van der Waals surface area contributed by atoms with Crippen molar-refractivity contribution in [3.05, 3.63) is 78.0 Å². The second kappa shape index (κ2) is 6.72. The predicted octanol–water partition coefficient (Wildman–Crippen LogP) is 3.58. The van der Waals surface area contributed by atoms with Gasteiger partial charge in [0.2, 0.25) is 0 Å². The summed E-state index contributed by atoms with van der Waals surface area (Å²) in [4.78, 5) is 4.80. The van der Waals surface area contributed by atoms with Crippen LogP contribution in [0.25, 0.3) is 11.3 Å². The van der Waals surface area contributed by atoms with Crippen LogP contribution >= 0.6 is 0 Å². The van der Waals surface area contributed by atoms with E-state index in [-0.39, 0.29) is 0 Å². The minimum atomic E-state index is 0.724. The molecule has 110 valence electrons. The fourth-order valence-electron chi connectivity index (χ4n) is 2.31. The first kappa shape index (κ1) is 14.1. The van der Waals surface area contributed by atoms with Gasteiger partial charge in [0.05, 0.1) is 12.8 Å². The molecule has 0 aliphatic rings. The van der Waals surface area contributed by atoms with Crippen molar-refractivity contribution >= 4 is 6.21 Å². The monoisotopic (exact) mass is 291 g/mol. The van der Waals surface area contributed by atoms with E-state index >= 15 is 0 Å². The van der Waals surface area contributed by atoms with Crippen molar-refractivity contribution in [1.29, 1.82) is 0 Å². The zero-order chi connectivity index (χ0) is 15.2. The van der Waals surface area contributed by atoms with Gasteiger partial charge in [0, 0.05) is 17.3 Å². The molecule has 0 atom stereocenters. The van der Waals surface area contributed by atoms with Crippen LogP contribution in [-0.4, -0.2) is 23.1 Å². The Morgan fingerprint density at radius 2 is 1.73 bits per heavy atom. The summed E-state index contributed by atoms with van der Waals surface area (Å²) < 4.78 is 1.93. The summed E-state index contributed by atoms with van der Waals surface area (Å²) in [6, 6.07) is 20.3. The average molecular weight is 291 g/mol. The van der Waals surface area contributed by atoms with Crippen molar-refractivity contribution in [2.24, 2.45) is 5.16 Å². The van der Waals surface area contributed by atoms with Gasteiger partial charge in [-0.2, -0.15) is 5.10 Å². The predicted molar refractivity (Wildman–Crippen MR) is 87.8 cm³/mol. The quantitative estimate of drug-likeness (QED) is 0.532. The molecule has 0 amide bonds. The number of nitrogens with zero attached hydrogens (tertiary/aromatic N) is 3. The van der Waals surface area contributed by atoms with Crippen molar-refractivity contribution in [1.82, 2.24) is 9.78 Å². The lowest BCUT2D eigenvalue weighted by Crippen LogP contribution is -1.99. The van der Waals surface area contributed by atoms with Gasteiger partial charge in [-0.25, -0.2) is 0 Å². The third-order valence-electron chi connectivity index (χ3n) is 3.32. The molecule has 0 aliphatic carbocycles. The van der Waals surface area contributed by atoms with E-state index in [1.807, 2.05) is 59.4 Å². The molecule has 0 unspecified atom stereocenters. The largest absolute Gasteiger partial charge is 0.399 e. The number of benzene rings is 2. The summed E-state index contributed by atoms with van der Waals surface area (Å²) in [5, 5.41) is 8.57. The van der Waals surface area contributed by atoms with Crippen molar-refractivity contribution < 1.29 is 4.84 Å². The molecule has 0 bridgehead atoms. The molecular weight excluding hydrogens is 274 g/mol. The van der Waals surface area contributed by atoms with Gasteiger partial charge in [0.15, 0.2) is 0 Å². The maximum atomic E-state index is 4.80. The molecule has 0 aliphatic heterocycles. The summed E-state index contributed by atoms with van der Waals surface area (Å²) in [6.45, 7) is 0.724. The lowest BCUT2D eigenvalue weighted by atomic mass is 10.1. The van der Waals surface area contributed by atoms with Crippen LogP contribution in [0.3, 0.4) is 0 Å². The van der Waals surface area contributed by atoms with Crippen molar-refractivity contribution in [3.8, 4) is 11.3 Å². The van der Waals surface area contributed by atoms with Crippen LogP contribution < -0.4 is 0 Å². The number of hydrogen-bond acceptors (Lipinski definition) is 3. The van der Waals surface area contributed by atoms with E-state index in [1.54, 1.807) is 6.21 Å². The highest BCUT2D eigenvalue weighted by atomic mass is 16.6. The summed E-state index contributed by atoms with van der Waals surface area (Å²) in [6.07, 6.45) is 3.68. The Morgan fingerprint density at radius 1 is 1.05 bits per heavy atom. The maximum absolute atomic E-state index is 4.80. The Hall–Kier alpha value is -2.88. The second-order valence-corrected chi connectivity index (χ2v) is 4.90. The lowest BCUT2D eigenvalue weighted by molar-refractivity contribution is 0.215. The highest BCUT2D eigenvalue weighted by Crippen LogP contribution is 2.21. The normalized spacial score (nSPS) is 11.0. The van der Waals surface area contributed by atoms with Crippen LogP contribution in [0.1, 0.15) is 11.1 Å². The van der Waals surface area contributed by atoms with Gasteiger partial charge in [-0.05, 0) is 5.56 Å². The molecule has 22 heavy (non-hydrogen) atoms. The zero-order valence-electron chi connectivity index (χ0n) is 12.4. The van der Waals surface area contributed by atoms with Crippen LogP contribution in [0, 0.1) is 0 Å². The molecular formula is C18H17N3O. The number of hydrogen-bond donors (Lipinski definition) is 0. The first-order valence-electron chi connectivity index (χ1n) is 7.10.